The summed E-state index contributed by atoms with van der Waals surface area (Å²) in [4.78, 5) is 11.2. The van der Waals surface area contributed by atoms with Crippen molar-refractivity contribution in [3.05, 3.63) is 40.5 Å². The highest BCUT2D eigenvalue weighted by Gasteiger charge is 2.23. The second kappa shape index (κ2) is 5.26. The van der Waals surface area contributed by atoms with E-state index in [1.807, 2.05) is 24.3 Å². The van der Waals surface area contributed by atoms with E-state index in [1.54, 1.807) is 4.68 Å². The molecule has 0 spiro atoms. The second-order valence-electron chi connectivity index (χ2n) is 4.80. The lowest BCUT2D eigenvalue weighted by atomic mass is 10.0. The Morgan fingerprint density at radius 3 is 3.00 bits per heavy atom. The molecule has 0 bridgehead atoms. The first kappa shape index (κ1) is 13.1. The molecule has 1 amide bonds. The first-order valence-electron chi connectivity index (χ1n) is 6.49. The van der Waals surface area contributed by atoms with Crippen LogP contribution in [-0.2, 0) is 24.3 Å². The third-order valence-corrected chi connectivity index (χ3v) is 3.77. The summed E-state index contributed by atoms with van der Waals surface area (Å²) < 4.78 is 1.71. The number of rotatable bonds is 3. The lowest BCUT2D eigenvalue weighted by Crippen LogP contribution is -2.27. The zero-order valence-corrected chi connectivity index (χ0v) is 11.7. The summed E-state index contributed by atoms with van der Waals surface area (Å²) in [6, 6.07) is 7.59. The maximum absolute atomic E-state index is 11.2. The highest BCUT2D eigenvalue weighted by atomic mass is 35.5. The van der Waals surface area contributed by atoms with Crippen molar-refractivity contribution in [2.24, 2.45) is 5.73 Å². The van der Waals surface area contributed by atoms with Gasteiger partial charge in [-0.3, -0.25) is 9.48 Å². The molecule has 5 nitrogen and oxygen atoms in total. The van der Waals surface area contributed by atoms with Crippen LogP contribution in [0.3, 0.4) is 0 Å². The summed E-state index contributed by atoms with van der Waals surface area (Å²) >= 11 is 6.25. The van der Waals surface area contributed by atoms with Crippen LogP contribution in [0.15, 0.2) is 24.3 Å². The number of hydrogen-bond donors (Lipinski definition) is 2. The summed E-state index contributed by atoms with van der Waals surface area (Å²) in [6.07, 6.45) is 0.833. The van der Waals surface area contributed by atoms with Crippen LogP contribution in [0, 0.1) is 0 Å². The van der Waals surface area contributed by atoms with E-state index in [-0.39, 0.29) is 12.5 Å². The highest BCUT2D eigenvalue weighted by Crippen LogP contribution is 2.32. The molecule has 6 heteroatoms. The van der Waals surface area contributed by atoms with Crippen molar-refractivity contribution in [2.45, 2.75) is 19.5 Å². The van der Waals surface area contributed by atoms with Gasteiger partial charge in [0.2, 0.25) is 5.91 Å². The molecular weight excluding hydrogens is 276 g/mol. The van der Waals surface area contributed by atoms with Crippen molar-refractivity contribution in [1.82, 2.24) is 15.1 Å². The van der Waals surface area contributed by atoms with Crippen LogP contribution in [0.2, 0.25) is 5.02 Å². The summed E-state index contributed by atoms with van der Waals surface area (Å²) in [5, 5.41) is 8.54. The lowest BCUT2D eigenvalue weighted by molar-refractivity contribution is -0.118. The number of hydrogen-bond acceptors (Lipinski definition) is 3. The largest absolute Gasteiger partial charge is 0.368 e. The second-order valence-corrected chi connectivity index (χ2v) is 5.21. The first-order valence-corrected chi connectivity index (χ1v) is 6.87. The maximum Gasteiger partial charge on any atom is 0.239 e. The standard InChI is InChI=1S/C14H15ClN4O/c15-11-4-2-1-3-9(11)14-10-7-17-6-5-12(10)19(18-14)8-13(16)20/h1-4,17H,5-8H2,(H2,16,20). The van der Waals surface area contributed by atoms with E-state index in [1.165, 1.54) is 0 Å². The number of aromatic nitrogens is 2. The molecule has 0 fully saturated rings. The van der Waals surface area contributed by atoms with E-state index in [4.69, 9.17) is 17.3 Å². The van der Waals surface area contributed by atoms with Crippen LogP contribution in [0.5, 0.6) is 0 Å². The Bertz CT molecular complexity index is 665. The van der Waals surface area contributed by atoms with Crippen LogP contribution < -0.4 is 11.1 Å². The van der Waals surface area contributed by atoms with Gasteiger partial charge >= 0.3 is 0 Å². The molecule has 0 saturated heterocycles. The summed E-state index contributed by atoms with van der Waals surface area (Å²) in [5.74, 6) is -0.389. The Morgan fingerprint density at radius 2 is 2.25 bits per heavy atom. The molecular formula is C14H15ClN4O. The number of nitrogens with two attached hydrogens (primary N) is 1. The van der Waals surface area contributed by atoms with Crippen molar-refractivity contribution in [3.63, 3.8) is 0 Å². The number of carbonyl (C=O) groups is 1. The van der Waals surface area contributed by atoms with Crippen molar-refractivity contribution in [2.75, 3.05) is 6.54 Å². The average Bonchev–Trinajstić information content (AvgIpc) is 2.78. The van der Waals surface area contributed by atoms with E-state index in [0.717, 1.165) is 42.0 Å². The van der Waals surface area contributed by atoms with E-state index in [0.29, 0.717) is 5.02 Å². The minimum atomic E-state index is -0.389. The summed E-state index contributed by atoms with van der Waals surface area (Å²) in [5.41, 5.74) is 9.18. The van der Waals surface area contributed by atoms with Gasteiger partial charge in [-0.2, -0.15) is 5.10 Å². The molecule has 1 aromatic heterocycles. The average molecular weight is 291 g/mol. The van der Waals surface area contributed by atoms with Crippen LogP contribution in [0.25, 0.3) is 11.3 Å². The smallest absolute Gasteiger partial charge is 0.239 e. The zero-order chi connectivity index (χ0) is 14.1. The Hall–Kier alpha value is -1.85. The molecule has 104 valence electrons. The number of carbonyl (C=O) groups excluding carboxylic acids is 1. The van der Waals surface area contributed by atoms with Gasteiger partial charge in [0.25, 0.3) is 0 Å². The maximum atomic E-state index is 11.2. The molecule has 1 aliphatic heterocycles. The highest BCUT2D eigenvalue weighted by molar-refractivity contribution is 6.33. The number of halogens is 1. The minimum Gasteiger partial charge on any atom is -0.368 e. The number of benzene rings is 1. The molecule has 2 aromatic rings. The van der Waals surface area contributed by atoms with E-state index < -0.39 is 0 Å². The molecule has 20 heavy (non-hydrogen) atoms. The molecule has 1 aliphatic rings. The molecule has 0 unspecified atom stereocenters. The van der Waals surface area contributed by atoms with Crippen molar-refractivity contribution < 1.29 is 4.79 Å². The number of nitrogens with one attached hydrogen (secondary N) is 1. The fourth-order valence-electron chi connectivity index (χ4n) is 2.57. The van der Waals surface area contributed by atoms with Crippen LogP contribution in [-0.4, -0.2) is 22.2 Å². The molecule has 3 rings (SSSR count). The molecule has 0 saturated carbocycles. The van der Waals surface area contributed by atoms with Crippen LogP contribution in [0.1, 0.15) is 11.3 Å². The quantitative estimate of drug-likeness (QED) is 0.896. The van der Waals surface area contributed by atoms with Gasteiger partial charge in [-0.1, -0.05) is 29.8 Å². The molecule has 0 radical (unpaired) electrons. The lowest BCUT2D eigenvalue weighted by Gasteiger charge is -2.15. The van der Waals surface area contributed by atoms with Gasteiger partial charge in [0.1, 0.15) is 6.54 Å². The first-order chi connectivity index (χ1) is 9.66. The normalized spacial score (nSPS) is 14.1. The predicted molar refractivity (Wildman–Crippen MR) is 77.3 cm³/mol. The number of nitrogens with zero attached hydrogens (tertiary/aromatic N) is 2. The van der Waals surface area contributed by atoms with Crippen LogP contribution in [0.4, 0.5) is 0 Å². The number of fused-ring (bicyclic) bond motifs is 1. The summed E-state index contributed by atoms with van der Waals surface area (Å²) in [6.45, 7) is 1.71. The van der Waals surface area contributed by atoms with Crippen molar-refractivity contribution in [3.8, 4) is 11.3 Å². The van der Waals surface area contributed by atoms with E-state index in [9.17, 15) is 4.79 Å². The van der Waals surface area contributed by atoms with Gasteiger partial charge in [-0.25, -0.2) is 0 Å². The van der Waals surface area contributed by atoms with E-state index >= 15 is 0 Å². The number of amides is 1. The Kier molecular flexibility index (Phi) is 3.46. The molecule has 3 N–H and O–H groups in total. The minimum absolute atomic E-state index is 0.104. The van der Waals surface area contributed by atoms with Crippen molar-refractivity contribution in [1.29, 1.82) is 0 Å². The van der Waals surface area contributed by atoms with Gasteiger partial charge < -0.3 is 11.1 Å². The van der Waals surface area contributed by atoms with Crippen LogP contribution >= 0.6 is 11.6 Å². The topological polar surface area (TPSA) is 72.9 Å². The van der Waals surface area contributed by atoms with Gasteiger partial charge in [0.05, 0.1) is 10.7 Å². The van der Waals surface area contributed by atoms with Crippen molar-refractivity contribution >= 4 is 17.5 Å². The van der Waals surface area contributed by atoms with E-state index in [2.05, 4.69) is 10.4 Å². The Morgan fingerprint density at radius 1 is 1.45 bits per heavy atom. The fraction of sp³-hybridized carbons (Fsp3) is 0.286. The number of primary amides is 1. The molecule has 0 atom stereocenters. The van der Waals surface area contributed by atoms with Gasteiger partial charge in [-0.15, -0.1) is 0 Å². The van der Waals surface area contributed by atoms with Gasteiger partial charge in [0.15, 0.2) is 0 Å². The summed E-state index contributed by atoms with van der Waals surface area (Å²) in [7, 11) is 0. The molecule has 1 aromatic carbocycles. The Labute approximate surface area is 121 Å². The Balaban J connectivity index is 2.14. The molecule has 0 aliphatic carbocycles. The monoisotopic (exact) mass is 290 g/mol. The predicted octanol–water partition coefficient (Wildman–Crippen LogP) is 1.33. The van der Waals surface area contributed by atoms with Gasteiger partial charge in [-0.05, 0) is 6.07 Å². The van der Waals surface area contributed by atoms with Gasteiger partial charge in [0, 0.05) is 36.3 Å². The molecule has 2 heterocycles. The SMILES string of the molecule is NC(=O)Cn1nc(-c2ccccc2Cl)c2c1CCNC2. The third kappa shape index (κ3) is 2.30. The zero-order valence-electron chi connectivity index (χ0n) is 10.9. The fourth-order valence-corrected chi connectivity index (χ4v) is 2.79. The third-order valence-electron chi connectivity index (χ3n) is 3.44.